The van der Waals surface area contributed by atoms with Gasteiger partial charge in [0.1, 0.15) is 11.9 Å². The summed E-state index contributed by atoms with van der Waals surface area (Å²) >= 11 is 0. The standard InChI is InChI=1S/C23H24N4O4/c1-13-5-7-16(9-14(13)2)25-23(29)18-11-21(28)26-22-17(12-24-27(18)22)15-6-8-19(30-3)20(10-15)31-4/h5-10,12,18H,11H2,1-4H3,(H,25,29)(H,26,28)/t18-/m0/s1. The lowest BCUT2D eigenvalue weighted by Crippen LogP contribution is -2.35. The zero-order chi connectivity index (χ0) is 22.1. The molecule has 2 N–H and O–H groups in total. The molecule has 0 radical (unpaired) electrons. The van der Waals surface area contributed by atoms with E-state index < -0.39 is 6.04 Å². The number of carbonyl (C=O) groups is 2. The molecule has 160 valence electrons. The molecule has 2 amide bonds. The summed E-state index contributed by atoms with van der Waals surface area (Å²) in [7, 11) is 3.13. The molecule has 1 aliphatic rings. The quantitative estimate of drug-likeness (QED) is 0.656. The number of hydrogen-bond donors (Lipinski definition) is 2. The van der Waals surface area contributed by atoms with Gasteiger partial charge in [-0.2, -0.15) is 5.10 Å². The molecule has 0 saturated carbocycles. The number of carbonyl (C=O) groups excluding carboxylic acids is 2. The van der Waals surface area contributed by atoms with Gasteiger partial charge >= 0.3 is 0 Å². The highest BCUT2D eigenvalue weighted by Gasteiger charge is 2.33. The smallest absolute Gasteiger partial charge is 0.249 e. The molecule has 1 atom stereocenters. The SMILES string of the molecule is COc1ccc(-c2cnn3c2NC(=O)C[C@H]3C(=O)Nc2ccc(C)c(C)c2)cc1OC. The normalized spacial score (nSPS) is 15.1. The maximum Gasteiger partial charge on any atom is 0.249 e. The lowest BCUT2D eigenvalue weighted by Gasteiger charge is -2.24. The molecule has 2 aromatic carbocycles. The van der Waals surface area contributed by atoms with Gasteiger partial charge in [0.2, 0.25) is 11.8 Å². The molecule has 0 aliphatic carbocycles. The Labute approximate surface area is 180 Å². The number of benzene rings is 2. The second-order valence-electron chi connectivity index (χ2n) is 7.48. The van der Waals surface area contributed by atoms with Crippen LogP contribution in [0.1, 0.15) is 23.6 Å². The third-order valence-corrected chi connectivity index (χ3v) is 5.50. The van der Waals surface area contributed by atoms with Crippen molar-refractivity contribution in [2.75, 3.05) is 24.9 Å². The van der Waals surface area contributed by atoms with E-state index in [0.29, 0.717) is 28.6 Å². The topological polar surface area (TPSA) is 94.5 Å². The van der Waals surface area contributed by atoms with Crippen LogP contribution in [0.25, 0.3) is 11.1 Å². The minimum absolute atomic E-state index is 0.0106. The van der Waals surface area contributed by atoms with Crippen molar-refractivity contribution in [3.05, 3.63) is 53.7 Å². The molecule has 1 aromatic heterocycles. The fraction of sp³-hybridized carbons (Fsp3) is 0.261. The van der Waals surface area contributed by atoms with E-state index in [-0.39, 0.29) is 18.2 Å². The van der Waals surface area contributed by atoms with E-state index in [1.54, 1.807) is 31.2 Å². The summed E-state index contributed by atoms with van der Waals surface area (Å²) in [5, 5.41) is 10.2. The number of ether oxygens (including phenoxy) is 2. The van der Waals surface area contributed by atoms with Crippen LogP contribution in [0.3, 0.4) is 0 Å². The molecule has 0 saturated heterocycles. The predicted molar refractivity (Wildman–Crippen MR) is 118 cm³/mol. The highest BCUT2D eigenvalue weighted by Crippen LogP contribution is 2.38. The van der Waals surface area contributed by atoms with Crippen molar-refractivity contribution in [3.8, 4) is 22.6 Å². The van der Waals surface area contributed by atoms with Crippen molar-refractivity contribution < 1.29 is 19.1 Å². The molecule has 1 aliphatic heterocycles. The van der Waals surface area contributed by atoms with Gasteiger partial charge in [0.25, 0.3) is 0 Å². The number of rotatable bonds is 5. The number of aromatic nitrogens is 2. The van der Waals surface area contributed by atoms with Gasteiger partial charge in [-0.3, -0.25) is 9.59 Å². The number of aryl methyl sites for hydroxylation is 2. The maximum atomic E-state index is 13.0. The van der Waals surface area contributed by atoms with Gasteiger partial charge in [-0.25, -0.2) is 4.68 Å². The fourth-order valence-corrected chi connectivity index (χ4v) is 3.63. The van der Waals surface area contributed by atoms with Crippen LogP contribution in [-0.4, -0.2) is 35.8 Å². The first-order chi connectivity index (χ1) is 14.9. The number of nitrogens with one attached hydrogen (secondary N) is 2. The second kappa shape index (κ2) is 8.14. The zero-order valence-electron chi connectivity index (χ0n) is 17.9. The number of amides is 2. The molecular formula is C23H24N4O4. The van der Waals surface area contributed by atoms with E-state index >= 15 is 0 Å². The first kappa shape index (κ1) is 20.5. The molecule has 0 unspecified atom stereocenters. The van der Waals surface area contributed by atoms with Gasteiger partial charge in [-0.05, 0) is 54.8 Å². The largest absolute Gasteiger partial charge is 0.493 e. The Bertz CT molecular complexity index is 1170. The van der Waals surface area contributed by atoms with E-state index in [2.05, 4.69) is 15.7 Å². The number of anilines is 2. The van der Waals surface area contributed by atoms with Gasteiger partial charge in [0.05, 0.1) is 26.8 Å². The lowest BCUT2D eigenvalue weighted by atomic mass is 10.1. The molecular weight excluding hydrogens is 396 g/mol. The molecule has 8 heteroatoms. The summed E-state index contributed by atoms with van der Waals surface area (Å²) in [6.07, 6.45) is 1.65. The molecule has 0 spiro atoms. The van der Waals surface area contributed by atoms with Crippen molar-refractivity contribution in [2.24, 2.45) is 0 Å². The van der Waals surface area contributed by atoms with Crippen LogP contribution in [-0.2, 0) is 9.59 Å². The summed E-state index contributed by atoms with van der Waals surface area (Å²) < 4.78 is 12.2. The Morgan fingerprint density at radius 3 is 2.58 bits per heavy atom. The summed E-state index contributed by atoms with van der Waals surface area (Å²) in [6.45, 7) is 4.00. The molecule has 4 rings (SSSR count). The highest BCUT2D eigenvalue weighted by atomic mass is 16.5. The van der Waals surface area contributed by atoms with Crippen LogP contribution in [0.5, 0.6) is 11.5 Å². The molecule has 31 heavy (non-hydrogen) atoms. The first-order valence-electron chi connectivity index (χ1n) is 9.89. The summed E-state index contributed by atoms with van der Waals surface area (Å²) in [4.78, 5) is 25.4. The minimum atomic E-state index is -0.751. The maximum absolute atomic E-state index is 13.0. The van der Waals surface area contributed by atoms with Crippen LogP contribution < -0.4 is 20.1 Å². The molecule has 0 fully saturated rings. The average Bonchev–Trinajstić information content (AvgIpc) is 3.18. The summed E-state index contributed by atoms with van der Waals surface area (Å²) in [6, 6.07) is 10.4. The molecule has 8 nitrogen and oxygen atoms in total. The monoisotopic (exact) mass is 420 g/mol. The highest BCUT2D eigenvalue weighted by molar-refractivity contribution is 6.03. The van der Waals surface area contributed by atoms with Crippen molar-refractivity contribution in [2.45, 2.75) is 26.3 Å². The molecule has 0 bridgehead atoms. The van der Waals surface area contributed by atoms with Crippen LogP contribution in [0.2, 0.25) is 0 Å². The Kier molecular flexibility index (Phi) is 5.37. The Morgan fingerprint density at radius 2 is 1.87 bits per heavy atom. The second-order valence-corrected chi connectivity index (χ2v) is 7.48. The van der Waals surface area contributed by atoms with Crippen molar-refractivity contribution in [1.82, 2.24) is 9.78 Å². The van der Waals surface area contributed by atoms with Crippen LogP contribution >= 0.6 is 0 Å². The van der Waals surface area contributed by atoms with Crippen molar-refractivity contribution >= 4 is 23.3 Å². The number of methoxy groups -OCH3 is 2. The van der Waals surface area contributed by atoms with Gasteiger partial charge in [-0.1, -0.05) is 12.1 Å². The van der Waals surface area contributed by atoms with Crippen molar-refractivity contribution in [3.63, 3.8) is 0 Å². The van der Waals surface area contributed by atoms with Crippen LogP contribution in [0.15, 0.2) is 42.6 Å². The summed E-state index contributed by atoms with van der Waals surface area (Å²) in [5.41, 5.74) is 4.39. The third kappa shape index (κ3) is 3.84. The molecule has 2 heterocycles. The van der Waals surface area contributed by atoms with E-state index in [1.165, 1.54) is 0 Å². The van der Waals surface area contributed by atoms with Gasteiger partial charge in [-0.15, -0.1) is 0 Å². The number of fused-ring (bicyclic) bond motifs is 1. The molecule has 3 aromatic rings. The Morgan fingerprint density at radius 1 is 1.10 bits per heavy atom. The predicted octanol–water partition coefficient (Wildman–Crippen LogP) is 3.71. The van der Waals surface area contributed by atoms with E-state index in [9.17, 15) is 9.59 Å². The number of nitrogens with zero attached hydrogens (tertiary/aromatic N) is 2. The van der Waals surface area contributed by atoms with Crippen LogP contribution in [0.4, 0.5) is 11.5 Å². The van der Waals surface area contributed by atoms with E-state index in [1.807, 2.05) is 44.2 Å². The Balaban J connectivity index is 1.66. The lowest BCUT2D eigenvalue weighted by molar-refractivity contribution is -0.125. The van der Waals surface area contributed by atoms with Gasteiger partial charge in [0.15, 0.2) is 11.5 Å². The van der Waals surface area contributed by atoms with Crippen LogP contribution in [0, 0.1) is 13.8 Å². The van der Waals surface area contributed by atoms with E-state index in [4.69, 9.17) is 9.47 Å². The van der Waals surface area contributed by atoms with Gasteiger partial charge < -0.3 is 20.1 Å². The minimum Gasteiger partial charge on any atom is -0.493 e. The zero-order valence-corrected chi connectivity index (χ0v) is 17.9. The van der Waals surface area contributed by atoms with E-state index in [0.717, 1.165) is 16.7 Å². The van der Waals surface area contributed by atoms with Crippen molar-refractivity contribution in [1.29, 1.82) is 0 Å². The third-order valence-electron chi connectivity index (χ3n) is 5.50. The fourth-order valence-electron chi connectivity index (χ4n) is 3.63. The summed E-state index contributed by atoms with van der Waals surface area (Å²) in [5.74, 6) is 1.10. The first-order valence-corrected chi connectivity index (χ1v) is 9.89. The Hall–Kier alpha value is -3.81. The average molecular weight is 420 g/mol. The number of hydrogen-bond acceptors (Lipinski definition) is 5. The van der Waals surface area contributed by atoms with Gasteiger partial charge in [0, 0.05) is 11.3 Å².